The van der Waals surface area contributed by atoms with Crippen LogP contribution < -0.4 is 0 Å². The first kappa shape index (κ1) is 22.6. The van der Waals surface area contributed by atoms with E-state index in [1.54, 1.807) is 6.82 Å². The van der Waals surface area contributed by atoms with Crippen molar-refractivity contribution < 1.29 is 14.6 Å². The smallest absolute Gasteiger partial charge is 0.415 e. The minimum absolute atomic E-state index is 0.0130. The minimum Gasteiger partial charge on any atom is -0.466 e. The third-order valence-electron chi connectivity index (χ3n) is 6.65. The zero-order chi connectivity index (χ0) is 23.7. The van der Waals surface area contributed by atoms with E-state index in [9.17, 15) is 9.82 Å². The number of carbonyl (C=O) groups excluding carboxylic acids is 1. The van der Waals surface area contributed by atoms with Gasteiger partial charge in [0.2, 0.25) is 0 Å². The number of hydrogen-bond donors (Lipinski definition) is 1. The van der Waals surface area contributed by atoms with Gasteiger partial charge in [-0.15, -0.1) is 0 Å². The molecule has 176 valence electrons. The van der Waals surface area contributed by atoms with Gasteiger partial charge >= 0.3 is 13.0 Å². The van der Waals surface area contributed by atoms with Gasteiger partial charge in [0.15, 0.2) is 0 Å². The van der Waals surface area contributed by atoms with E-state index in [0.717, 1.165) is 59.6 Å². The van der Waals surface area contributed by atoms with E-state index >= 15 is 0 Å². The maximum absolute atomic E-state index is 12.1. The largest absolute Gasteiger partial charge is 0.466 e. The standard InChI is InChI=1S/C25H30BN5O3/c1-3-34-25(32)18-12-14-29(15-13-18)16-23-27-19-8-4-6-10-21(19)30(23)17-24-28-20-9-5-7-11-22(20)31(24)26(2)33/h4-11,18,33H,3,12-17H2,1-2H3. The van der Waals surface area contributed by atoms with Gasteiger partial charge in [0, 0.05) is 0 Å². The molecule has 8 nitrogen and oxygen atoms in total. The summed E-state index contributed by atoms with van der Waals surface area (Å²) in [6.07, 6.45) is 1.60. The fraction of sp³-hybridized carbons (Fsp3) is 0.400. The maximum Gasteiger partial charge on any atom is 0.415 e. The first-order chi connectivity index (χ1) is 16.5. The molecule has 1 aliphatic heterocycles. The number of likely N-dealkylation sites (tertiary alicyclic amines) is 1. The second-order valence-electron chi connectivity index (χ2n) is 8.92. The fourth-order valence-electron chi connectivity index (χ4n) is 4.97. The lowest BCUT2D eigenvalue weighted by molar-refractivity contribution is -0.149. The average Bonchev–Trinajstić information content (AvgIpc) is 3.38. The van der Waals surface area contributed by atoms with Crippen LogP contribution in [0.3, 0.4) is 0 Å². The molecule has 1 aliphatic rings. The summed E-state index contributed by atoms with van der Waals surface area (Å²) < 4.78 is 9.30. The summed E-state index contributed by atoms with van der Waals surface area (Å²) in [6.45, 7) is 6.91. The zero-order valence-corrected chi connectivity index (χ0v) is 19.7. The van der Waals surface area contributed by atoms with Crippen molar-refractivity contribution >= 4 is 35.1 Å². The molecule has 5 rings (SSSR count). The van der Waals surface area contributed by atoms with E-state index in [1.165, 1.54) is 0 Å². The molecule has 2 aromatic carbocycles. The summed E-state index contributed by atoms with van der Waals surface area (Å²) in [5, 5.41) is 10.5. The fourth-order valence-corrected chi connectivity index (χ4v) is 4.97. The summed E-state index contributed by atoms with van der Waals surface area (Å²) in [7, 11) is -0.692. The molecule has 9 heteroatoms. The Morgan fingerprint density at radius 1 is 1.00 bits per heavy atom. The Morgan fingerprint density at radius 2 is 1.62 bits per heavy atom. The molecule has 0 bridgehead atoms. The first-order valence-corrected chi connectivity index (χ1v) is 12.0. The van der Waals surface area contributed by atoms with Crippen LogP contribution in [0.15, 0.2) is 48.5 Å². The topological polar surface area (TPSA) is 85.4 Å². The van der Waals surface area contributed by atoms with Crippen molar-refractivity contribution in [2.45, 2.75) is 39.7 Å². The van der Waals surface area contributed by atoms with Crippen molar-refractivity contribution in [3.63, 3.8) is 0 Å². The van der Waals surface area contributed by atoms with Crippen LogP contribution in [0.5, 0.6) is 0 Å². The summed E-state index contributed by atoms with van der Waals surface area (Å²) in [4.78, 5) is 24.2. The Balaban J connectivity index is 1.44. The number of nitrogens with zero attached hydrogens (tertiary/aromatic N) is 5. The lowest BCUT2D eigenvalue weighted by atomic mass is 9.87. The van der Waals surface area contributed by atoms with Gasteiger partial charge < -0.3 is 18.8 Å². The average molecular weight is 459 g/mol. The second kappa shape index (κ2) is 9.60. The SMILES string of the molecule is CCOC(=O)C1CCN(Cc2nc3ccccc3n2Cc2nc3ccccc3n2B(C)O)CC1. The van der Waals surface area contributed by atoms with Crippen molar-refractivity contribution in [2.75, 3.05) is 19.7 Å². The highest BCUT2D eigenvalue weighted by atomic mass is 16.5. The molecule has 1 N–H and O–H groups in total. The molecule has 0 atom stereocenters. The number of para-hydroxylation sites is 4. The van der Waals surface area contributed by atoms with Gasteiger partial charge in [-0.05, 0) is 63.9 Å². The van der Waals surface area contributed by atoms with Crippen LogP contribution in [0.25, 0.3) is 22.1 Å². The number of aromatic nitrogens is 4. The molecule has 0 unspecified atom stereocenters. The van der Waals surface area contributed by atoms with E-state index in [-0.39, 0.29) is 11.9 Å². The molecule has 0 spiro atoms. The third kappa shape index (κ3) is 4.33. The maximum atomic E-state index is 12.1. The van der Waals surface area contributed by atoms with Crippen LogP contribution in [-0.4, -0.2) is 61.7 Å². The molecule has 34 heavy (non-hydrogen) atoms. The second-order valence-corrected chi connectivity index (χ2v) is 8.92. The van der Waals surface area contributed by atoms with Crippen LogP contribution in [0, 0.1) is 5.92 Å². The number of benzene rings is 2. The predicted octanol–water partition coefficient (Wildman–Crippen LogP) is 3.17. The Labute approximate surface area is 199 Å². The van der Waals surface area contributed by atoms with Crippen molar-refractivity contribution in [1.29, 1.82) is 0 Å². The van der Waals surface area contributed by atoms with Crippen molar-refractivity contribution in [2.24, 2.45) is 5.92 Å². The zero-order valence-electron chi connectivity index (χ0n) is 19.7. The van der Waals surface area contributed by atoms with Crippen LogP contribution in [0.2, 0.25) is 6.82 Å². The number of piperidine rings is 1. The highest BCUT2D eigenvalue weighted by Gasteiger charge is 2.27. The summed E-state index contributed by atoms with van der Waals surface area (Å²) in [5.41, 5.74) is 3.77. The molecule has 0 amide bonds. The lowest BCUT2D eigenvalue weighted by Gasteiger charge is -2.30. The first-order valence-electron chi connectivity index (χ1n) is 12.0. The highest BCUT2D eigenvalue weighted by molar-refractivity contribution is 6.48. The van der Waals surface area contributed by atoms with Gasteiger partial charge in [0.25, 0.3) is 0 Å². The van der Waals surface area contributed by atoms with Gasteiger partial charge in [0.05, 0.1) is 47.7 Å². The van der Waals surface area contributed by atoms with E-state index in [0.29, 0.717) is 19.7 Å². The van der Waals surface area contributed by atoms with Gasteiger partial charge in [-0.2, -0.15) is 0 Å². The van der Waals surface area contributed by atoms with Gasteiger partial charge in [-0.3, -0.25) is 9.69 Å². The van der Waals surface area contributed by atoms with Crippen LogP contribution >= 0.6 is 0 Å². The predicted molar refractivity (Wildman–Crippen MR) is 132 cm³/mol. The number of esters is 1. The van der Waals surface area contributed by atoms with Gasteiger partial charge in [-0.25, -0.2) is 9.97 Å². The molecule has 4 aromatic rings. The Morgan fingerprint density at radius 3 is 2.29 bits per heavy atom. The molecule has 1 saturated heterocycles. The van der Waals surface area contributed by atoms with E-state index < -0.39 is 7.05 Å². The van der Waals surface area contributed by atoms with Crippen LogP contribution in [-0.2, 0) is 22.6 Å². The quantitative estimate of drug-likeness (QED) is 0.338. The van der Waals surface area contributed by atoms with Crippen molar-refractivity contribution in [3.8, 4) is 0 Å². The lowest BCUT2D eigenvalue weighted by Crippen LogP contribution is -2.37. The highest BCUT2D eigenvalue weighted by Crippen LogP contribution is 2.24. The van der Waals surface area contributed by atoms with E-state index in [4.69, 9.17) is 14.7 Å². The Hall–Kier alpha value is -3.17. The normalized spacial score (nSPS) is 15.3. The molecule has 0 saturated carbocycles. The molecule has 1 fully saturated rings. The summed E-state index contributed by atoms with van der Waals surface area (Å²) in [5.74, 6) is 1.66. The monoisotopic (exact) mass is 459 g/mol. The van der Waals surface area contributed by atoms with Gasteiger partial charge in [0.1, 0.15) is 11.6 Å². The number of rotatable bonds is 7. The number of ether oxygens (including phenoxy) is 1. The van der Waals surface area contributed by atoms with E-state index in [1.807, 2.05) is 53.9 Å². The minimum atomic E-state index is -0.692. The van der Waals surface area contributed by atoms with E-state index in [2.05, 4.69) is 15.5 Å². The molecule has 2 aromatic heterocycles. The Bertz CT molecular complexity index is 1310. The number of fused-ring (bicyclic) bond motifs is 2. The molecule has 3 heterocycles. The van der Waals surface area contributed by atoms with Crippen molar-refractivity contribution in [1.82, 2.24) is 23.9 Å². The Kier molecular flexibility index (Phi) is 6.39. The third-order valence-corrected chi connectivity index (χ3v) is 6.65. The molecule has 0 radical (unpaired) electrons. The van der Waals surface area contributed by atoms with Crippen molar-refractivity contribution in [3.05, 3.63) is 60.2 Å². The van der Waals surface area contributed by atoms with Crippen LogP contribution in [0.1, 0.15) is 31.4 Å². The number of hydrogen-bond acceptors (Lipinski definition) is 6. The molecular formula is C25H30BN5O3. The summed E-state index contributed by atoms with van der Waals surface area (Å²) in [6, 6.07) is 16.0. The number of imidazole rings is 2. The molecule has 0 aliphatic carbocycles. The summed E-state index contributed by atoms with van der Waals surface area (Å²) >= 11 is 0. The van der Waals surface area contributed by atoms with Gasteiger partial charge in [-0.1, -0.05) is 24.3 Å². The number of carbonyl (C=O) groups is 1. The van der Waals surface area contributed by atoms with Crippen LogP contribution in [0.4, 0.5) is 0 Å². The molecular weight excluding hydrogens is 429 g/mol.